The molecule has 1 aliphatic rings. The van der Waals surface area contributed by atoms with Gasteiger partial charge in [-0.1, -0.05) is 13.8 Å². The maximum absolute atomic E-state index is 12.2. The van der Waals surface area contributed by atoms with Gasteiger partial charge in [-0.15, -0.1) is 0 Å². The lowest BCUT2D eigenvalue weighted by Gasteiger charge is -2.26. The molecule has 1 amide bonds. The number of nitrogens with two attached hydrogens (primary N) is 1. The first-order valence-corrected chi connectivity index (χ1v) is 7.28. The predicted octanol–water partition coefficient (Wildman–Crippen LogP) is 0.244. The number of hydrogen-bond donors (Lipinski definition) is 2. The van der Waals surface area contributed by atoms with Gasteiger partial charge in [-0.05, 0) is 0 Å². The molecule has 1 aliphatic heterocycles. The Kier molecular flexibility index (Phi) is 5.46. The van der Waals surface area contributed by atoms with Crippen molar-refractivity contribution >= 4 is 11.6 Å². The van der Waals surface area contributed by atoms with Gasteiger partial charge in [0, 0.05) is 32.1 Å². The minimum absolute atomic E-state index is 0.158. The molecule has 116 valence electrons. The quantitative estimate of drug-likeness (QED) is 0.808. The van der Waals surface area contributed by atoms with Gasteiger partial charge in [0.1, 0.15) is 5.82 Å². The van der Waals surface area contributed by atoms with Crippen LogP contribution in [0.25, 0.3) is 0 Å². The number of ether oxygens (including phenoxy) is 1. The van der Waals surface area contributed by atoms with E-state index in [9.17, 15) is 4.79 Å². The number of rotatable bonds is 5. The number of nitrogen functional groups attached to an aromatic ring is 1. The molecule has 7 heteroatoms. The van der Waals surface area contributed by atoms with Gasteiger partial charge in [-0.25, -0.2) is 9.97 Å². The molecular formula is C14H23N5O2. The number of anilines is 1. The molecule has 2 rings (SSSR count). The molecule has 1 saturated heterocycles. The van der Waals surface area contributed by atoms with Crippen molar-refractivity contribution in [2.45, 2.75) is 19.8 Å². The van der Waals surface area contributed by atoms with Crippen molar-refractivity contribution in [3.63, 3.8) is 0 Å². The lowest BCUT2D eigenvalue weighted by atomic mass is 10.2. The maximum Gasteiger partial charge on any atom is 0.272 e. The van der Waals surface area contributed by atoms with Gasteiger partial charge in [-0.2, -0.15) is 0 Å². The van der Waals surface area contributed by atoms with Crippen molar-refractivity contribution in [3.8, 4) is 0 Å². The Bertz CT molecular complexity index is 486. The zero-order valence-corrected chi connectivity index (χ0v) is 12.6. The normalized spacial score (nSPS) is 16.1. The summed E-state index contributed by atoms with van der Waals surface area (Å²) in [5.41, 5.74) is 6.36. The van der Waals surface area contributed by atoms with Crippen LogP contribution >= 0.6 is 0 Å². The molecule has 2 heterocycles. The minimum Gasteiger partial charge on any atom is -0.396 e. The van der Waals surface area contributed by atoms with Gasteiger partial charge in [0.2, 0.25) is 0 Å². The number of carbonyl (C=O) groups excluding carboxylic acids is 1. The highest BCUT2D eigenvalue weighted by molar-refractivity contribution is 5.96. The van der Waals surface area contributed by atoms with E-state index in [2.05, 4.69) is 20.2 Å². The molecule has 7 nitrogen and oxygen atoms in total. The fourth-order valence-corrected chi connectivity index (χ4v) is 2.10. The van der Waals surface area contributed by atoms with Gasteiger partial charge in [-0.3, -0.25) is 9.69 Å². The van der Waals surface area contributed by atoms with Gasteiger partial charge < -0.3 is 15.8 Å². The topological polar surface area (TPSA) is 93.4 Å². The number of carbonyl (C=O) groups is 1. The van der Waals surface area contributed by atoms with E-state index in [0.29, 0.717) is 18.1 Å². The SMILES string of the molecule is CC(C)c1ncc(N)c(C(=O)NCCN2CCOCC2)n1. The standard InChI is InChI=1S/C14H23N5O2/c1-10(2)13-17-9-11(15)12(18-13)14(20)16-3-4-19-5-7-21-8-6-19/h9-10H,3-8,15H2,1-2H3,(H,16,20). The molecule has 0 aliphatic carbocycles. The zero-order chi connectivity index (χ0) is 15.2. The highest BCUT2D eigenvalue weighted by atomic mass is 16.5. The number of aromatic nitrogens is 2. The first-order chi connectivity index (χ1) is 10.1. The molecule has 1 fully saturated rings. The molecule has 0 saturated carbocycles. The molecule has 0 atom stereocenters. The Morgan fingerprint density at radius 1 is 1.48 bits per heavy atom. The lowest BCUT2D eigenvalue weighted by Crippen LogP contribution is -2.41. The van der Waals surface area contributed by atoms with Crippen molar-refractivity contribution in [1.82, 2.24) is 20.2 Å². The Hall–Kier alpha value is -1.73. The molecule has 3 N–H and O–H groups in total. The molecule has 0 radical (unpaired) electrons. The Morgan fingerprint density at radius 2 is 2.19 bits per heavy atom. The Morgan fingerprint density at radius 3 is 2.86 bits per heavy atom. The number of nitrogens with one attached hydrogen (secondary N) is 1. The summed E-state index contributed by atoms with van der Waals surface area (Å²) >= 11 is 0. The summed E-state index contributed by atoms with van der Waals surface area (Å²) in [6, 6.07) is 0. The fraction of sp³-hybridized carbons (Fsp3) is 0.643. The Balaban J connectivity index is 1.89. The third kappa shape index (κ3) is 4.37. The van der Waals surface area contributed by atoms with Gasteiger partial charge in [0.25, 0.3) is 5.91 Å². The van der Waals surface area contributed by atoms with E-state index in [4.69, 9.17) is 10.5 Å². The monoisotopic (exact) mass is 293 g/mol. The highest BCUT2D eigenvalue weighted by Gasteiger charge is 2.15. The summed E-state index contributed by atoms with van der Waals surface area (Å²) in [7, 11) is 0. The van der Waals surface area contributed by atoms with Gasteiger partial charge in [0.05, 0.1) is 25.1 Å². The van der Waals surface area contributed by atoms with Crippen LogP contribution in [0.5, 0.6) is 0 Å². The summed E-state index contributed by atoms with van der Waals surface area (Å²) < 4.78 is 5.29. The van der Waals surface area contributed by atoms with E-state index in [1.165, 1.54) is 6.20 Å². The van der Waals surface area contributed by atoms with E-state index >= 15 is 0 Å². The van der Waals surface area contributed by atoms with Crippen molar-refractivity contribution < 1.29 is 9.53 Å². The van der Waals surface area contributed by atoms with E-state index in [1.54, 1.807) is 0 Å². The summed E-state index contributed by atoms with van der Waals surface area (Å²) in [5.74, 6) is 0.540. The smallest absolute Gasteiger partial charge is 0.272 e. The van der Waals surface area contributed by atoms with Crippen LogP contribution in [0.15, 0.2) is 6.20 Å². The average molecular weight is 293 g/mol. The molecule has 21 heavy (non-hydrogen) atoms. The van der Waals surface area contributed by atoms with Gasteiger partial charge in [0.15, 0.2) is 5.69 Å². The predicted molar refractivity (Wildman–Crippen MR) is 80.1 cm³/mol. The zero-order valence-electron chi connectivity index (χ0n) is 12.6. The van der Waals surface area contributed by atoms with E-state index in [-0.39, 0.29) is 17.5 Å². The molecule has 0 bridgehead atoms. The van der Waals surface area contributed by atoms with Crippen molar-refractivity contribution in [1.29, 1.82) is 0 Å². The van der Waals surface area contributed by atoms with Crippen LogP contribution in [0.3, 0.4) is 0 Å². The number of nitrogens with zero attached hydrogens (tertiary/aromatic N) is 3. The Labute approximate surface area is 124 Å². The minimum atomic E-state index is -0.245. The summed E-state index contributed by atoms with van der Waals surface area (Å²) in [6.07, 6.45) is 1.50. The number of amides is 1. The van der Waals surface area contributed by atoms with Crippen molar-refractivity contribution in [2.75, 3.05) is 45.1 Å². The molecule has 1 aromatic heterocycles. The second kappa shape index (κ2) is 7.33. The summed E-state index contributed by atoms with van der Waals surface area (Å²) in [4.78, 5) is 22.8. The summed E-state index contributed by atoms with van der Waals surface area (Å²) in [5, 5.41) is 2.86. The summed E-state index contributed by atoms with van der Waals surface area (Å²) in [6.45, 7) is 8.65. The van der Waals surface area contributed by atoms with Crippen LogP contribution in [0, 0.1) is 0 Å². The third-order valence-electron chi connectivity index (χ3n) is 3.38. The van der Waals surface area contributed by atoms with Crippen LogP contribution in [-0.4, -0.2) is 60.2 Å². The second-order valence-electron chi connectivity index (χ2n) is 5.40. The first kappa shape index (κ1) is 15.7. The van der Waals surface area contributed by atoms with Gasteiger partial charge >= 0.3 is 0 Å². The van der Waals surface area contributed by atoms with Crippen LogP contribution < -0.4 is 11.1 Å². The van der Waals surface area contributed by atoms with E-state index in [0.717, 1.165) is 32.8 Å². The third-order valence-corrected chi connectivity index (χ3v) is 3.38. The van der Waals surface area contributed by atoms with E-state index < -0.39 is 0 Å². The number of hydrogen-bond acceptors (Lipinski definition) is 6. The molecule has 0 aromatic carbocycles. The molecule has 1 aromatic rings. The number of morpholine rings is 1. The first-order valence-electron chi connectivity index (χ1n) is 7.28. The molecule has 0 unspecified atom stereocenters. The molecular weight excluding hydrogens is 270 g/mol. The second-order valence-corrected chi connectivity index (χ2v) is 5.40. The fourth-order valence-electron chi connectivity index (χ4n) is 2.10. The van der Waals surface area contributed by atoms with E-state index in [1.807, 2.05) is 13.8 Å². The maximum atomic E-state index is 12.2. The van der Waals surface area contributed by atoms with Crippen LogP contribution in [0.1, 0.15) is 36.1 Å². The highest BCUT2D eigenvalue weighted by Crippen LogP contribution is 2.13. The average Bonchev–Trinajstić information content (AvgIpc) is 2.48. The van der Waals surface area contributed by atoms with Crippen LogP contribution in [0.4, 0.5) is 5.69 Å². The largest absolute Gasteiger partial charge is 0.396 e. The van der Waals surface area contributed by atoms with Crippen LogP contribution in [0.2, 0.25) is 0 Å². The molecule has 0 spiro atoms. The van der Waals surface area contributed by atoms with Crippen molar-refractivity contribution in [2.24, 2.45) is 0 Å². The van der Waals surface area contributed by atoms with Crippen molar-refractivity contribution in [3.05, 3.63) is 17.7 Å². The van der Waals surface area contributed by atoms with Crippen LogP contribution in [-0.2, 0) is 4.74 Å². The lowest BCUT2D eigenvalue weighted by molar-refractivity contribution is 0.0383.